The second-order valence-corrected chi connectivity index (χ2v) is 6.56. The van der Waals surface area contributed by atoms with Crippen molar-refractivity contribution in [2.45, 2.75) is 37.3 Å². The van der Waals surface area contributed by atoms with Gasteiger partial charge in [0.05, 0.1) is 6.04 Å². The first-order chi connectivity index (χ1) is 11.7. The number of benzene rings is 1. The van der Waals surface area contributed by atoms with Crippen LogP contribution in [-0.4, -0.2) is 16.5 Å². The predicted molar refractivity (Wildman–Crippen MR) is 92.4 cm³/mol. The monoisotopic (exact) mass is 320 g/mol. The van der Waals surface area contributed by atoms with Crippen LogP contribution in [0.2, 0.25) is 0 Å². The number of hydrogen-bond acceptors (Lipinski definition) is 3. The first-order valence-corrected chi connectivity index (χ1v) is 8.41. The summed E-state index contributed by atoms with van der Waals surface area (Å²) in [5, 5.41) is 3.14. The Morgan fingerprint density at radius 1 is 1.25 bits per heavy atom. The van der Waals surface area contributed by atoms with E-state index in [1.165, 1.54) is 6.42 Å². The summed E-state index contributed by atoms with van der Waals surface area (Å²) >= 11 is 0. The minimum atomic E-state index is -0.0879. The van der Waals surface area contributed by atoms with Crippen molar-refractivity contribution in [2.24, 2.45) is 0 Å². The van der Waals surface area contributed by atoms with E-state index >= 15 is 0 Å². The van der Waals surface area contributed by atoms with Crippen molar-refractivity contribution < 1.29 is 9.53 Å². The molecule has 1 saturated carbocycles. The number of carbonyl (C=O) groups excluding carboxylic acids is 1. The maximum absolute atomic E-state index is 12.4. The van der Waals surface area contributed by atoms with Crippen molar-refractivity contribution in [2.75, 3.05) is 0 Å². The van der Waals surface area contributed by atoms with Gasteiger partial charge in [-0.15, -0.1) is 0 Å². The van der Waals surface area contributed by atoms with E-state index in [0.29, 0.717) is 0 Å². The molecule has 1 aromatic heterocycles. The van der Waals surface area contributed by atoms with Gasteiger partial charge in [-0.25, -0.2) is 0 Å². The molecule has 0 saturated heterocycles. The highest BCUT2D eigenvalue weighted by atomic mass is 16.5. The van der Waals surface area contributed by atoms with E-state index in [1.807, 2.05) is 36.4 Å². The maximum atomic E-state index is 12.4. The van der Waals surface area contributed by atoms with E-state index < -0.39 is 0 Å². The molecule has 1 spiro atoms. The Kier molecular flexibility index (Phi) is 3.81. The van der Waals surface area contributed by atoms with Crippen molar-refractivity contribution in [1.82, 2.24) is 10.3 Å². The number of aromatic nitrogens is 1. The van der Waals surface area contributed by atoms with Crippen molar-refractivity contribution >= 4 is 12.0 Å². The fraction of sp³-hybridized carbons (Fsp3) is 0.300. The van der Waals surface area contributed by atoms with Gasteiger partial charge < -0.3 is 10.1 Å². The SMILES string of the molecule is O=C(/C=C/c1cccnc1)NC1CC2(CCC2)Oc2ccccc21. The molecule has 0 radical (unpaired) electrons. The van der Waals surface area contributed by atoms with Crippen molar-refractivity contribution in [3.63, 3.8) is 0 Å². The van der Waals surface area contributed by atoms with Crippen LogP contribution in [-0.2, 0) is 4.79 Å². The van der Waals surface area contributed by atoms with Crippen molar-refractivity contribution in [1.29, 1.82) is 0 Å². The highest BCUT2D eigenvalue weighted by Crippen LogP contribution is 2.48. The van der Waals surface area contributed by atoms with Crippen LogP contribution in [0.25, 0.3) is 6.08 Å². The molecule has 122 valence electrons. The molecule has 4 heteroatoms. The van der Waals surface area contributed by atoms with Gasteiger partial charge in [0.15, 0.2) is 0 Å². The van der Waals surface area contributed by atoms with Crippen LogP contribution in [0.15, 0.2) is 54.9 Å². The molecular weight excluding hydrogens is 300 g/mol. The van der Waals surface area contributed by atoms with E-state index in [4.69, 9.17) is 4.74 Å². The van der Waals surface area contributed by atoms with Crippen LogP contribution < -0.4 is 10.1 Å². The van der Waals surface area contributed by atoms with Gasteiger partial charge in [-0.1, -0.05) is 24.3 Å². The zero-order chi connectivity index (χ0) is 16.4. The first-order valence-electron chi connectivity index (χ1n) is 8.41. The summed E-state index contributed by atoms with van der Waals surface area (Å²) in [4.78, 5) is 16.4. The predicted octanol–water partition coefficient (Wildman–Crippen LogP) is 3.66. The Bertz CT molecular complexity index is 766. The lowest BCUT2D eigenvalue weighted by molar-refractivity contribution is -0.118. The summed E-state index contributed by atoms with van der Waals surface area (Å²) in [6, 6.07) is 11.8. The lowest BCUT2D eigenvalue weighted by atomic mass is 9.73. The van der Waals surface area contributed by atoms with Gasteiger partial charge in [0.1, 0.15) is 11.4 Å². The minimum absolute atomic E-state index is 0.00120. The molecule has 4 nitrogen and oxygen atoms in total. The van der Waals surface area contributed by atoms with Gasteiger partial charge >= 0.3 is 0 Å². The normalized spacial score (nSPS) is 20.9. The van der Waals surface area contributed by atoms with Crippen LogP contribution in [0.5, 0.6) is 5.75 Å². The average Bonchev–Trinajstić information content (AvgIpc) is 2.59. The number of pyridine rings is 1. The Morgan fingerprint density at radius 3 is 2.88 bits per heavy atom. The number of amides is 1. The van der Waals surface area contributed by atoms with Crippen molar-refractivity contribution in [3.05, 3.63) is 66.0 Å². The fourth-order valence-electron chi connectivity index (χ4n) is 3.49. The first kappa shape index (κ1) is 14.9. The van der Waals surface area contributed by atoms with Gasteiger partial charge in [-0.2, -0.15) is 0 Å². The van der Waals surface area contributed by atoms with E-state index in [1.54, 1.807) is 24.5 Å². The van der Waals surface area contributed by atoms with Gasteiger partial charge in [0.2, 0.25) is 5.91 Å². The van der Waals surface area contributed by atoms with Gasteiger partial charge in [-0.3, -0.25) is 9.78 Å². The Hall–Kier alpha value is -2.62. The van der Waals surface area contributed by atoms with Crippen LogP contribution in [0.1, 0.15) is 42.9 Å². The van der Waals surface area contributed by atoms with Gasteiger partial charge in [0.25, 0.3) is 0 Å². The molecule has 4 rings (SSSR count). The maximum Gasteiger partial charge on any atom is 0.244 e. The second kappa shape index (κ2) is 6.11. The summed E-state index contributed by atoms with van der Waals surface area (Å²) < 4.78 is 6.22. The molecule has 1 unspecified atom stereocenters. The van der Waals surface area contributed by atoms with Crippen molar-refractivity contribution in [3.8, 4) is 5.75 Å². The molecule has 1 aliphatic carbocycles. The van der Waals surface area contributed by atoms with E-state index in [0.717, 1.165) is 36.1 Å². The second-order valence-electron chi connectivity index (χ2n) is 6.56. The summed E-state index contributed by atoms with van der Waals surface area (Å²) in [6.07, 6.45) is 11.0. The number of nitrogens with one attached hydrogen (secondary N) is 1. The molecule has 1 aliphatic heterocycles. The smallest absolute Gasteiger partial charge is 0.244 e. The number of fused-ring (bicyclic) bond motifs is 1. The molecule has 1 aromatic carbocycles. The molecule has 24 heavy (non-hydrogen) atoms. The molecule has 2 heterocycles. The Balaban J connectivity index is 1.51. The molecule has 1 fully saturated rings. The zero-order valence-corrected chi connectivity index (χ0v) is 13.4. The minimum Gasteiger partial charge on any atom is -0.487 e. The van der Waals surface area contributed by atoms with Crippen LogP contribution in [0.4, 0.5) is 0 Å². The molecular formula is C20H20N2O2. The molecule has 1 atom stereocenters. The topological polar surface area (TPSA) is 51.2 Å². The summed E-state index contributed by atoms with van der Waals surface area (Å²) in [7, 11) is 0. The number of hydrogen-bond donors (Lipinski definition) is 1. The van der Waals surface area contributed by atoms with Gasteiger partial charge in [0, 0.05) is 30.5 Å². The number of para-hydroxylation sites is 1. The largest absolute Gasteiger partial charge is 0.487 e. The molecule has 1 amide bonds. The fourth-order valence-corrected chi connectivity index (χ4v) is 3.49. The molecule has 0 bridgehead atoms. The van der Waals surface area contributed by atoms with Crippen LogP contribution in [0, 0.1) is 0 Å². The zero-order valence-electron chi connectivity index (χ0n) is 13.4. The van der Waals surface area contributed by atoms with E-state index in [2.05, 4.69) is 10.3 Å². The lowest BCUT2D eigenvalue weighted by Crippen LogP contribution is -2.49. The summed E-state index contributed by atoms with van der Waals surface area (Å²) in [5.74, 6) is 0.819. The average molecular weight is 320 g/mol. The molecule has 2 aromatic rings. The Morgan fingerprint density at radius 2 is 2.12 bits per heavy atom. The third kappa shape index (κ3) is 2.92. The summed E-state index contributed by atoms with van der Waals surface area (Å²) in [5.41, 5.74) is 1.90. The number of ether oxygens (including phenoxy) is 1. The van der Waals surface area contributed by atoms with Crippen LogP contribution in [0.3, 0.4) is 0 Å². The Labute approximate surface area is 141 Å². The molecule has 1 N–H and O–H groups in total. The number of nitrogens with zero attached hydrogens (tertiary/aromatic N) is 1. The highest BCUT2D eigenvalue weighted by Gasteiger charge is 2.45. The third-order valence-electron chi connectivity index (χ3n) is 4.89. The van der Waals surface area contributed by atoms with E-state index in [-0.39, 0.29) is 17.6 Å². The molecule has 2 aliphatic rings. The van der Waals surface area contributed by atoms with Crippen LogP contribution >= 0.6 is 0 Å². The summed E-state index contributed by atoms with van der Waals surface area (Å²) in [6.45, 7) is 0. The van der Waals surface area contributed by atoms with E-state index in [9.17, 15) is 4.79 Å². The van der Waals surface area contributed by atoms with Gasteiger partial charge in [-0.05, 0) is 43.0 Å². The number of carbonyl (C=O) groups is 1. The standard InChI is InChI=1S/C20H20N2O2/c23-19(9-8-15-5-3-12-21-14-15)22-17-13-20(10-4-11-20)24-18-7-2-1-6-16(17)18/h1-3,5-9,12,14,17H,4,10-11,13H2,(H,22,23)/b9-8+. The quantitative estimate of drug-likeness (QED) is 0.878. The number of rotatable bonds is 3. The lowest BCUT2D eigenvalue weighted by Gasteiger charge is -2.47. The highest BCUT2D eigenvalue weighted by molar-refractivity contribution is 5.92. The third-order valence-corrected chi connectivity index (χ3v) is 4.89.